The van der Waals surface area contributed by atoms with Gasteiger partial charge in [-0.3, -0.25) is 0 Å². The van der Waals surface area contributed by atoms with Crippen LogP contribution in [-0.4, -0.2) is 74.6 Å². The fraction of sp³-hybridized carbons (Fsp3) is 0.533. The van der Waals surface area contributed by atoms with Gasteiger partial charge in [-0.05, 0) is 22.9 Å². The zero-order chi connectivity index (χ0) is 17.5. The zero-order valence-corrected chi connectivity index (χ0v) is 14.5. The molecule has 6 atom stereocenters. The van der Waals surface area contributed by atoms with E-state index < -0.39 is 37.3 Å². The Balaban J connectivity index is 1.84. The molecule has 7 nitrogen and oxygen atoms in total. The SMILES string of the molecule is C=CC(CO[C@@H]1OC(CO)[C@@H](O)[C@H](O)C1O)SSc1ccccn1. The van der Waals surface area contributed by atoms with Crippen molar-refractivity contribution >= 4 is 21.6 Å². The Bertz CT molecular complexity index is 506. The maximum absolute atomic E-state index is 9.93. The second kappa shape index (κ2) is 9.73. The van der Waals surface area contributed by atoms with Crippen LogP contribution < -0.4 is 0 Å². The summed E-state index contributed by atoms with van der Waals surface area (Å²) in [6.45, 7) is 3.44. The van der Waals surface area contributed by atoms with Crippen LogP contribution in [0.25, 0.3) is 0 Å². The highest BCUT2D eigenvalue weighted by atomic mass is 33.1. The van der Waals surface area contributed by atoms with Crippen LogP contribution >= 0.6 is 21.6 Å². The smallest absolute Gasteiger partial charge is 0.186 e. The lowest BCUT2D eigenvalue weighted by Crippen LogP contribution is -2.59. The number of nitrogens with zero attached hydrogens (tertiary/aromatic N) is 1. The first-order valence-corrected chi connectivity index (χ1v) is 9.57. The number of hydrogen-bond donors (Lipinski definition) is 4. The first-order chi connectivity index (χ1) is 11.6. The molecule has 3 unspecified atom stereocenters. The fourth-order valence-corrected chi connectivity index (χ4v) is 4.07. The summed E-state index contributed by atoms with van der Waals surface area (Å²) in [5, 5.41) is 39.3. The number of hydrogen-bond acceptors (Lipinski definition) is 9. The molecular weight excluding hydrogens is 354 g/mol. The lowest BCUT2D eigenvalue weighted by Gasteiger charge is -2.39. The van der Waals surface area contributed by atoms with Gasteiger partial charge in [0.05, 0.1) is 18.5 Å². The third kappa shape index (κ3) is 5.17. The van der Waals surface area contributed by atoms with Gasteiger partial charge in [-0.1, -0.05) is 22.9 Å². The third-order valence-corrected chi connectivity index (χ3v) is 6.06. The van der Waals surface area contributed by atoms with E-state index in [1.165, 1.54) is 21.6 Å². The maximum Gasteiger partial charge on any atom is 0.186 e. The summed E-state index contributed by atoms with van der Waals surface area (Å²) in [5.41, 5.74) is 0. The van der Waals surface area contributed by atoms with Gasteiger partial charge in [0.1, 0.15) is 29.4 Å². The topological polar surface area (TPSA) is 112 Å². The van der Waals surface area contributed by atoms with Crippen LogP contribution in [0, 0.1) is 0 Å². The molecule has 0 radical (unpaired) electrons. The Hall–Kier alpha value is -0.650. The summed E-state index contributed by atoms with van der Waals surface area (Å²) in [7, 11) is 2.95. The maximum atomic E-state index is 9.93. The van der Waals surface area contributed by atoms with Gasteiger partial charge >= 0.3 is 0 Å². The van der Waals surface area contributed by atoms with Crippen molar-refractivity contribution in [1.82, 2.24) is 4.98 Å². The van der Waals surface area contributed by atoms with E-state index >= 15 is 0 Å². The largest absolute Gasteiger partial charge is 0.394 e. The molecule has 1 saturated heterocycles. The summed E-state index contributed by atoms with van der Waals surface area (Å²) in [5.74, 6) is 0. The summed E-state index contributed by atoms with van der Waals surface area (Å²) in [4.78, 5) is 4.20. The summed E-state index contributed by atoms with van der Waals surface area (Å²) in [6.07, 6.45) is -2.95. The highest BCUT2D eigenvalue weighted by molar-refractivity contribution is 8.77. The fourth-order valence-electron chi connectivity index (χ4n) is 2.04. The Morgan fingerprint density at radius 3 is 2.71 bits per heavy atom. The number of pyridine rings is 1. The van der Waals surface area contributed by atoms with Crippen molar-refractivity contribution < 1.29 is 29.9 Å². The first kappa shape index (κ1) is 19.7. The van der Waals surface area contributed by atoms with Crippen LogP contribution in [0.5, 0.6) is 0 Å². The average Bonchev–Trinajstić information content (AvgIpc) is 2.62. The Kier molecular flexibility index (Phi) is 7.98. The number of aromatic nitrogens is 1. The van der Waals surface area contributed by atoms with Gasteiger partial charge in [-0.15, -0.1) is 6.58 Å². The second-order valence-corrected chi connectivity index (χ2v) is 7.61. The molecule has 1 aromatic rings. The van der Waals surface area contributed by atoms with Gasteiger partial charge in [-0.25, -0.2) is 4.98 Å². The zero-order valence-electron chi connectivity index (χ0n) is 12.8. The van der Waals surface area contributed by atoms with Gasteiger partial charge < -0.3 is 29.9 Å². The molecule has 0 aromatic carbocycles. The molecule has 1 aliphatic rings. The van der Waals surface area contributed by atoms with E-state index in [1.807, 2.05) is 18.2 Å². The molecular formula is C15H21NO6S2. The normalized spacial score (nSPS) is 31.6. The van der Waals surface area contributed by atoms with Crippen molar-refractivity contribution in [3.8, 4) is 0 Å². The standard InChI is InChI=1S/C15H21NO6S2/c1-2-9(23-24-11-5-3-4-6-16-11)8-21-15-14(20)13(19)12(18)10(7-17)22-15/h2-6,9-10,12-15,17-20H,1,7-8H2/t9?,10?,12-,13+,14?,15-/m1/s1. The summed E-state index contributed by atoms with van der Waals surface area (Å²) >= 11 is 0. The predicted octanol–water partition coefficient (Wildman–Crippen LogP) is 0.193. The molecule has 1 aromatic heterocycles. The van der Waals surface area contributed by atoms with Crippen LogP contribution in [0.2, 0.25) is 0 Å². The Morgan fingerprint density at radius 2 is 2.08 bits per heavy atom. The molecule has 1 fully saturated rings. The molecule has 24 heavy (non-hydrogen) atoms. The lowest BCUT2D eigenvalue weighted by atomic mass is 9.99. The molecule has 0 bridgehead atoms. The quantitative estimate of drug-likeness (QED) is 0.374. The number of aliphatic hydroxyl groups is 4. The molecule has 0 amide bonds. The van der Waals surface area contributed by atoms with E-state index in [2.05, 4.69) is 11.6 Å². The second-order valence-electron chi connectivity index (χ2n) is 5.15. The molecule has 0 saturated carbocycles. The highest BCUT2D eigenvalue weighted by Crippen LogP contribution is 2.34. The number of rotatable bonds is 8. The Labute approximate surface area is 148 Å². The van der Waals surface area contributed by atoms with Crippen LogP contribution in [0.1, 0.15) is 0 Å². The number of aliphatic hydroxyl groups excluding tert-OH is 4. The van der Waals surface area contributed by atoms with Crippen molar-refractivity contribution in [2.75, 3.05) is 13.2 Å². The molecule has 0 aliphatic carbocycles. The van der Waals surface area contributed by atoms with Gasteiger partial charge in [0.15, 0.2) is 6.29 Å². The van der Waals surface area contributed by atoms with Crippen molar-refractivity contribution in [3.63, 3.8) is 0 Å². The van der Waals surface area contributed by atoms with Crippen LogP contribution in [0.15, 0.2) is 42.1 Å². The van der Waals surface area contributed by atoms with E-state index in [-0.39, 0.29) is 11.9 Å². The predicted molar refractivity (Wildman–Crippen MR) is 91.4 cm³/mol. The summed E-state index contributed by atoms with van der Waals surface area (Å²) in [6, 6.07) is 5.61. The van der Waals surface area contributed by atoms with Gasteiger partial charge in [-0.2, -0.15) is 0 Å². The molecule has 2 heterocycles. The molecule has 4 N–H and O–H groups in total. The number of ether oxygens (including phenoxy) is 2. The van der Waals surface area contributed by atoms with Crippen molar-refractivity contribution in [2.45, 2.75) is 41.0 Å². The monoisotopic (exact) mass is 375 g/mol. The third-order valence-electron chi connectivity index (χ3n) is 3.43. The van der Waals surface area contributed by atoms with Crippen LogP contribution in [0.4, 0.5) is 0 Å². The average molecular weight is 375 g/mol. The van der Waals surface area contributed by atoms with Crippen molar-refractivity contribution in [2.24, 2.45) is 0 Å². The van der Waals surface area contributed by atoms with E-state index in [9.17, 15) is 15.3 Å². The molecule has 2 rings (SSSR count). The van der Waals surface area contributed by atoms with Gasteiger partial charge in [0.2, 0.25) is 0 Å². The molecule has 1 aliphatic heterocycles. The van der Waals surface area contributed by atoms with Crippen molar-refractivity contribution in [3.05, 3.63) is 37.1 Å². The van der Waals surface area contributed by atoms with Crippen LogP contribution in [0.3, 0.4) is 0 Å². The van der Waals surface area contributed by atoms with Gasteiger partial charge in [0.25, 0.3) is 0 Å². The van der Waals surface area contributed by atoms with Crippen LogP contribution in [-0.2, 0) is 9.47 Å². The molecule has 0 spiro atoms. The first-order valence-electron chi connectivity index (χ1n) is 7.35. The van der Waals surface area contributed by atoms with E-state index in [1.54, 1.807) is 12.3 Å². The lowest BCUT2D eigenvalue weighted by molar-refractivity contribution is -0.300. The minimum absolute atomic E-state index is 0.107. The molecule has 134 valence electrons. The molecule has 9 heteroatoms. The summed E-state index contributed by atoms with van der Waals surface area (Å²) < 4.78 is 10.8. The Morgan fingerprint density at radius 1 is 1.29 bits per heavy atom. The van der Waals surface area contributed by atoms with E-state index in [0.29, 0.717) is 0 Å². The minimum Gasteiger partial charge on any atom is -0.394 e. The van der Waals surface area contributed by atoms with Crippen molar-refractivity contribution in [1.29, 1.82) is 0 Å². The van der Waals surface area contributed by atoms with Gasteiger partial charge in [0, 0.05) is 6.20 Å². The minimum atomic E-state index is -1.45. The van der Waals surface area contributed by atoms with E-state index in [4.69, 9.17) is 14.6 Å². The van der Waals surface area contributed by atoms with E-state index in [0.717, 1.165) is 5.03 Å². The highest BCUT2D eigenvalue weighted by Gasteiger charge is 2.44.